The first-order valence-corrected chi connectivity index (χ1v) is 4.48. The van der Waals surface area contributed by atoms with E-state index in [1.54, 1.807) is 24.7 Å². The Kier molecular flexibility index (Phi) is 1.84. The summed E-state index contributed by atoms with van der Waals surface area (Å²) in [6.45, 7) is 0. The highest BCUT2D eigenvalue weighted by Gasteiger charge is 2.00. The Morgan fingerprint density at radius 2 is 2.33 bits per heavy atom. The van der Waals surface area contributed by atoms with E-state index in [4.69, 9.17) is 0 Å². The van der Waals surface area contributed by atoms with Gasteiger partial charge in [-0.15, -0.1) is 0 Å². The first-order chi connectivity index (χ1) is 5.79. The molecule has 2 rings (SSSR count). The Morgan fingerprint density at radius 3 is 3.17 bits per heavy atom. The molecule has 0 fully saturated rings. The average molecular weight is 272 g/mol. The van der Waals surface area contributed by atoms with Crippen molar-refractivity contribution in [2.75, 3.05) is 0 Å². The lowest BCUT2D eigenvalue weighted by atomic mass is 10.3. The molecule has 12 heavy (non-hydrogen) atoms. The summed E-state index contributed by atoms with van der Waals surface area (Å²) < 4.78 is 0.688. The standard InChI is InChI=1S/C8H5IN2O/c9-6-4-11-7-1-2-10-3-5(7)8(6)12/h1-4H,(H,11,12). The minimum absolute atomic E-state index is 0.0393. The average Bonchev–Trinajstić information content (AvgIpc) is 2.12. The SMILES string of the molecule is O=c1c(I)c[nH]c2ccncc12. The van der Waals surface area contributed by atoms with E-state index < -0.39 is 0 Å². The third kappa shape index (κ3) is 1.12. The maximum Gasteiger partial charge on any atom is 0.204 e. The molecule has 2 heterocycles. The van der Waals surface area contributed by atoms with Crippen LogP contribution >= 0.6 is 22.6 Å². The normalized spacial score (nSPS) is 10.4. The number of H-pyrrole nitrogens is 1. The number of fused-ring (bicyclic) bond motifs is 1. The van der Waals surface area contributed by atoms with Gasteiger partial charge in [-0.05, 0) is 28.7 Å². The zero-order chi connectivity index (χ0) is 8.55. The molecule has 0 saturated heterocycles. The molecule has 0 radical (unpaired) electrons. The molecule has 0 saturated carbocycles. The van der Waals surface area contributed by atoms with Crippen molar-refractivity contribution in [3.8, 4) is 0 Å². The molecule has 0 spiro atoms. The molecular weight excluding hydrogens is 267 g/mol. The fourth-order valence-corrected chi connectivity index (χ4v) is 1.48. The summed E-state index contributed by atoms with van der Waals surface area (Å²) in [5, 5.41) is 0.643. The predicted octanol–water partition coefficient (Wildman–Crippen LogP) is 1.53. The summed E-state index contributed by atoms with van der Waals surface area (Å²) >= 11 is 2.00. The molecule has 0 aliphatic rings. The van der Waals surface area contributed by atoms with Crippen LogP contribution in [0.1, 0.15) is 0 Å². The number of nitrogens with zero attached hydrogens (tertiary/aromatic N) is 1. The molecule has 60 valence electrons. The van der Waals surface area contributed by atoms with Crippen molar-refractivity contribution in [2.24, 2.45) is 0 Å². The van der Waals surface area contributed by atoms with Gasteiger partial charge < -0.3 is 4.98 Å². The molecule has 0 amide bonds. The second-order valence-electron chi connectivity index (χ2n) is 2.39. The van der Waals surface area contributed by atoms with Crippen molar-refractivity contribution in [3.63, 3.8) is 0 Å². The van der Waals surface area contributed by atoms with Crippen LogP contribution < -0.4 is 5.43 Å². The van der Waals surface area contributed by atoms with Gasteiger partial charge in [0.15, 0.2) is 0 Å². The quantitative estimate of drug-likeness (QED) is 0.739. The summed E-state index contributed by atoms with van der Waals surface area (Å²) in [7, 11) is 0. The van der Waals surface area contributed by atoms with Crippen molar-refractivity contribution >= 4 is 33.5 Å². The molecule has 0 unspecified atom stereocenters. The summed E-state index contributed by atoms with van der Waals surface area (Å²) in [6.07, 6.45) is 4.94. The van der Waals surface area contributed by atoms with Gasteiger partial charge in [-0.25, -0.2) is 0 Å². The van der Waals surface area contributed by atoms with E-state index in [-0.39, 0.29) is 5.43 Å². The number of halogens is 1. The van der Waals surface area contributed by atoms with Crippen LogP contribution in [0.5, 0.6) is 0 Å². The zero-order valence-electron chi connectivity index (χ0n) is 6.04. The molecule has 0 aliphatic carbocycles. The molecule has 2 aromatic heterocycles. The molecular formula is C8H5IN2O. The zero-order valence-corrected chi connectivity index (χ0v) is 8.20. The fourth-order valence-electron chi connectivity index (χ4n) is 1.04. The molecule has 2 aromatic rings. The van der Waals surface area contributed by atoms with Gasteiger partial charge in [-0.3, -0.25) is 9.78 Å². The Morgan fingerprint density at radius 1 is 1.50 bits per heavy atom. The van der Waals surface area contributed by atoms with Gasteiger partial charge in [0.2, 0.25) is 5.43 Å². The smallest absolute Gasteiger partial charge is 0.204 e. The minimum atomic E-state index is 0.0393. The molecule has 0 bridgehead atoms. The summed E-state index contributed by atoms with van der Waals surface area (Å²) in [5.74, 6) is 0. The number of aromatic amines is 1. The van der Waals surface area contributed by atoms with E-state index in [1.807, 2.05) is 22.6 Å². The number of hydrogen-bond donors (Lipinski definition) is 1. The van der Waals surface area contributed by atoms with Crippen molar-refractivity contribution in [2.45, 2.75) is 0 Å². The lowest BCUT2D eigenvalue weighted by molar-refractivity contribution is 1.30. The van der Waals surface area contributed by atoms with E-state index in [9.17, 15) is 4.79 Å². The summed E-state index contributed by atoms with van der Waals surface area (Å²) in [6, 6.07) is 1.78. The maximum absolute atomic E-state index is 11.5. The third-order valence-electron chi connectivity index (χ3n) is 1.64. The van der Waals surface area contributed by atoms with Crippen LogP contribution in [0.4, 0.5) is 0 Å². The number of rotatable bonds is 0. The van der Waals surface area contributed by atoms with Crippen LogP contribution in [0.25, 0.3) is 10.9 Å². The van der Waals surface area contributed by atoms with Crippen LogP contribution in [-0.4, -0.2) is 9.97 Å². The molecule has 0 atom stereocenters. The van der Waals surface area contributed by atoms with E-state index in [0.717, 1.165) is 5.52 Å². The van der Waals surface area contributed by atoms with Crippen LogP contribution in [0.2, 0.25) is 0 Å². The largest absolute Gasteiger partial charge is 0.360 e. The second kappa shape index (κ2) is 2.85. The summed E-state index contributed by atoms with van der Waals surface area (Å²) in [5.41, 5.74) is 0.868. The summed E-state index contributed by atoms with van der Waals surface area (Å²) in [4.78, 5) is 18.4. The van der Waals surface area contributed by atoms with E-state index in [2.05, 4.69) is 9.97 Å². The number of aromatic nitrogens is 2. The van der Waals surface area contributed by atoms with Crippen LogP contribution in [0, 0.1) is 3.57 Å². The molecule has 1 N–H and O–H groups in total. The van der Waals surface area contributed by atoms with Crippen molar-refractivity contribution in [1.82, 2.24) is 9.97 Å². The fraction of sp³-hybridized carbons (Fsp3) is 0. The molecule has 3 nitrogen and oxygen atoms in total. The topological polar surface area (TPSA) is 45.8 Å². The van der Waals surface area contributed by atoms with Gasteiger partial charge in [-0.2, -0.15) is 0 Å². The Balaban J connectivity index is 3.01. The minimum Gasteiger partial charge on any atom is -0.360 e. The highest BCUT2D eigenvalue weighted by molar-refractivity contribution is 14.1. The highest BCUT2D eigenvalue weighted by Crippen LogP contribution is 2.05. The van der Waals surface area contributed by atoms with Crippen molar-refractivity contribution in [1.29, 1.82) is 0 Å². The monoisotopic (exact) mass is 272 g/mol. The number of pyridine rings is 2. The van der Waals surface area contributed by atoms with Crippen LogP contribution in [-0.2, 0) is 0 Å². The Labute approximate surface area is 82.0 Å². The number of nitrogens with one attached hydrogen (secondary N) is 1. The van der Waals surface area contributed by atoms with E-state index in [1.165, 1.54) is 0 Å². The third-order valence-corrected chi connectivity index (χ3v) is 2.44. The van der Waals surface area contributed by atoms with Gasteiger partial charge in [-0.1, -0.05) is 0 Å². The van der Waals surface area contributed by atoms with Crippen LogP contribution in [0.15, 0.2) is 29.5 Å². The molecule has 4 heteroatoms. The highest BCUT2D eigenvalue weighted by atomic mass is 127. The Bertz CT molecular complexity index is 478. The second-order valence-corrected chi connectivity index (χ2v) is 3.55. The van der Waals surface area contributed by atoms with Crippen LogP contribution in [0.3, 0.4) is 0 Å². The lowest BCUT2D eigenvalue weighted by Gasteiger charge is -1.95. The van der Waals surface area contributed by atoms with Gasteiger partial charge in [0.25, 0.3) is 0 Å². The van der Waals surface area contributed by atoms with Crippen molar-refractivity contribution in [3.05, 3.63) is 38.5 Å². The van der Waals surface area contributed by atoms with E-state index >= 15 is 0 Å². The first-order valence-electron chi connectivity index (χ1n) is 3.40. The maximum atomic E-state index is 11.5. The Hall–Kier alpha value is -0.910. The molecule has 0 aromatic carbocycles. The molecule has 0 aliphatic heterocycles. The van der Waals surface area contributed by atoms with Gasteiger partial charge >= 0.3 is 0 Å². The van der Waals surface area contributed by atoms with Gasteiger partial charge in [0, 0.05) is 18.6 Å². The number of hydrogen-bond acceptors (Lipinski definition) is 2. The first kappa shape index (κ1) is 7.72. The lowest BCUT2D eigenvalue weighted by Crippen LogP contribution is -2.06. The van der Waals surface area contributed by atoms with Gasteiger partial charge in [0.05, 0.1) is 14.5 Å². The van der Waals surface area contributed by atoms with Gasteiger partial charge in [0.1, 0.15) is 0 Å². The van der Waals surface area contributed by atoms with Crippen molar-refractivity contribution < 1.29 is 0 Å². The van der Waals surface area contributed by atoms with E-state index in [0.29, 0.717) is 8.96 Å². The predicted molar refractivity (Wildman–Crippen MR) is 55.1 cm³/mol.